The van der Waals surface area contributed by atoms with Crippen molar-refractivity contribution < 1.29 is 19.8 Å². The predicted molar refractivity (Wildman–Crippen MR) is 97.8 cm³/mol. The average molecular weight is 369 g/mol. The molecule has 0 unspecified atom stereocenters. The van der Waals surface area contributed by atoms with Crippen molar-refractivity contribution in [1.29, 1.82) is 0 Å². The van der Waals surface area contributed by atoms with Crippen molar-refractivity contribution in [1.82, 2.24) is 14.9 Å². The van der Waals surface area contributed by atoms with E-state index in [1.165, 1.54) is 0 Å². The molecule has 2 atom stereocenters. The number of aliphatic hydroxyl groups excluding tert-OH is 1. The Bertz CT molecular complexity index is 784. The fourth-order valence-corrected chi connectivity index (χ4v) is 3.55. The van der Waals surface area contributed by atoms with Crippen molar-refractivity contribution in [3.8, 4) is 0 Å². The summed E-state index contributed by atoms with van der Waals surface area (Å²) in [7, 11) is 0. The van der Waals surface area contributed by atoms with E-state index >= 15 is 0 Å². The molecule has 0 bridgehead atoms. The molecule has 0 aliphatic carbocycles. The Morgan fingerprint density at radius 2 is 2.00 bits per heavy atom. The van der Waals surface area contributed by atoms with Crippen molar-refractivity contribution >= 4 is 11.9 Å². The van der Waals surface area contributed by atoms with Gasteiger partial charge in [-0.25, -0.2) is 0 Å². The molecule has 0 saturated carbocycles. The summed E-state index contributed by atoms with van der Waals surface area (Å²) >= 11 is 0. The average Bonchev–Trinajstić information content (AvgIpc) is 2.69. The number of hydrogen-bond acceptors (Lipinski definition) is 5. The van der Waals surface area contributed by atoms with Gasteiger partial charge < -0.3 is 15.1 Å². The Morgan fingerprint density at radius 1 is 1.22 bits per heavy atom. The largest absolute Gasteiger partial charge is 0.481 e. The first-order valence-corrected chi connectivity index (χ1v) is 8.99. The zero-order valence-electron chi connectivity index (χ0n) is 15.0. The zero-order chi connectivity index (χ0) is 19.3. The van der Waals surface area contributed by atoms with E-state index in [9.17, 15) is 19.8 Å². The molecule has 3 rings (SSSR count). The Kier molecular flexibility index (Phi) is 5.81. The van der Waals surface area contributed by atoms with Crippen LogP contribution < -0.4 is 0 Å². The smallest absolute Gasteiger partial charge is 0.312 e. The number of nitrogens with zero attached hydrogens (tertiary/aromatic N) is 3. The van der Waals surface area contributed by atoms with Gasteiger partial charge in [0.1, 0.15) is 5.41 Å². The second-order valence-electron chi connectivity index (χ2n) is 6.93. The van der Waals surface area contributed by atoms with Crippen LogP contribution in [0.15, 0.2) is 48.9 Å². The molecule has 1 saturated heterocycles. The maximum Gasteiger partial charge on any atom is 0.312 e. The number of likely N-dealkylation sites (tertiary alicyclic amines) is 1. The highest BCUT2D eigenvalue weighted by molar-refractivity contribution is 5.79. The number of aliphatic hydroxyl groups is 1. The van der Waals surface area contributed by atoms with Gasteiger partial charge in [0.15, 0.2) is 0 Å². The third kappa shape index (κ3) is 4.31. The zero-order valence-corrected chi connectivity index (χ0v) is 15.0. The van der Waals surface area contributed by atoms with Gasteiger partial charge >= 0.3 is 5.97 Å². The van der Waals surface area contributed by atoms with Gasteiger partial charge in [-0.2, -0.15) is 0 Å². The highest BCUT2D eigenvalue weighted by Gasteiger charge is 2.49. The van der Waals surface area contributed by atoms with E-state index in [4.69, 9.17) is 0 Å². The van der Waals surface area contributed by atoms with Crippen molar-refractivity contribution in [3.05, 3.63) is 60.2 Å². The minimum Gasteiger partial charge on any atom is -0.481 e. The highest BCUT2D eigenvalue weighted by Crippen LogP contribution is 2.36. The molecule has 7 nitrogen and oxygen atoms in total. The van der Waals surface area contributed by atoms with Gasteiger partial charge in [-0.3, -0.25) is 19.6 Å². The summed E-state index contributed by atoms with van der Waals surface area (Å²) in [6, 6.07) is 9.28. The highest BCUT2D eigenvalue weighted by atomic mass is 16.4. The first-order chi connectivity index (χ1) is 13.0. The van der Waals surface area contributed by atoms with E-state index in [2.05, 4.69) is 9.97 Å². The molecule has 1 aromatic carbocycles. The maximum atomic E-state index is 12.5. The normalized spacial score (nSPS) is 22.4. The van der Waals surface area contributed by atoms with Crippen molar-refractivity contribution in [2.45, 2.75) is 31.8 Å². The van der Waals surface area contributed by atoms with Crippen LogP contribution in [0.4, 0.5) is 0 Å². The number of carbonyl (C=O) groups excluding carboxylic acids is 1. The molecule has 0 spiro atoms. The number of carboxylic acid groups (broad SMARTS) is 1. The van der Waals surface area contributed by atoms with E-state index in [1.54, 1.807) is 23.5 Å². The number of hydrogen-bond donors (Lipinski definition) is 2. The molecule has 1 aromatic heterocycles. The van der Waals surface area contributed by atoms with Crippen LogP contribution in [0, 0.1) is 5.41 Å². The van der Waals surface area contributed by atoms with Crippen LogP contribution in [0.1, 0.15) is 24.1 Å². The van der Waals surface area contributed by atoms with Crippen LogP contribution in [-0.4, -0.2) is 56.2 Å². The van der Waals surface area contributed by atoms with Crippen LogP contribution in [0.3, 0.4) is 0 Å². The Balaban J connectivity index is 1.64. The van der Waals surface area contributed by atoms with Crippen LogP contribution in [0.25, 0.3) is 0 Å². The first kappa shape index (κ1) is 19.0. The topological polar surface area (TPSA) is 104 Å². The Hall–Kier alpha value is -2.80. The molecule has 0 radical (unpaired) electrons. The maximum absolute atomic E-state index is 12.5. The number of rotatable bonds is 6. The summed E-state index contributed by atoms with van der Waals surface area (Å²) in [4.78, 5) is 34.1. The van der Waals surface area contributed by atoms with Crippen LogP contribution in [0.5, 0.6) is 0 Å². The summed E-state index contributed by atoms with van der Waals surface area (Å²) in [6.07, 6.45) is 4.83. The van der Waals surface area contributed by atoms with Gasteiger partial charge in [-0.05, 0) is 24.8 Å². The lowest BCUT2D eigenvalue weighted by molar-refractivity contribution is -0.166. The summed E-state index contributed by atoms with van der Waals surface area (Å²) in [5.74, 6) is -1.14. The van der Waals surface area contributed by atoms with Crippen molar-refractivity contribution in [2.75, 3.05) is 13.1 Å². The number of aliphatic carboxylic acids is 1. The fourth-order valence-electron chi connectivity index (χ4n) is 3.55. The number of carbonyl (C=O) groups is 2. The van der Waals surface area contributed by atoms with E-state index in [0.29, 0.717) is 13.0 Å². The number of amides is 1. The summed E-state index contributed by atoms with van der Waals surface area (Å²) in [5.41, 5.74) is 0.317. The summed E-state index contributed by atoms with van der Waals surface area (Å²) in [6.45, 7) is 0.341. The molecule has 142 valence electrons. The molecule has 27 heavy (non-hydrogen) atoms. The van der Waals surface area contributed by atoms with Crippen molar-refractivity contribution in [3.63, 3.8) is 0 Å². The van der Waals surface area contributed by atoms with Gasteiger partial charge in [0, 0.05) is 38.1 Å². The number of piperidine rings is 1. The lowest BCUT2D eigenvalue weighted by Crippen LogP contribution is -2.57. The molecule has 1 amide bonds. The second-order valence-corrected chi connectivity index (χ2v) is 6.93. The molecule has 1 aliphatic rings. The van der Waals surface area contributed by atoms with Gasteiger partial charge in [0.05, 0.1) is 11.8 Å². The number of β-amino-alcohol motifs (C(OH)–C–C–N with tert-alkyl or cyclic N) is 1. The lowest BCUT2D eigenvalue weighted by Gasteiger charge is -2.43. The summed E-state index contributed by atoms with van der Waals surface area (Å²) in [5, 5.41) is 20.5. The molecule has 2 heterocycles. The number of aromatic nitrogens is 2. The van der Waals surface area contributed by atoms with Gasteiger partial charge in [0.2, 0.25) is 5.91 Å². The molecular weight excluding hydrogens is 346 g/mol. The minimum atomic E-state index is -1.27. The van der Waals surface area contributed by atoms with Crippen LogP contribution in [-0.2, 0) is 22.4 Å². The van der Waals surface area contributed by atoms with Gasteiger partial charge in [0.25, 0.3) is 0 Å². The summed E-state index contributed by atoms with van der Waals surface area (Å²) < 4.78 is 0. The van der Waals surface area contributed by atoms with Gasteiger partial charge in [-0.15, -0.1) is 0 Å². The molecular formula is C20H23N3O4. The predicted octanol–water partition coefficient (Wildman–Crippen LogP) is 1.32. The molecule has 2 aromatic rings. The minimum absolute atomic E-state index is 0.0262. The number of carboxylic acids is 1. The third-order valence-electron chi connectivity index (χ3n) is 5.21. The second kappa shape index (κ2) is 8.26. The number of benzene rings is 1. The third-order valence-corrected chi connectivity index (χ3v) is 5.21. The Labute approximate surface area is 157 Å². The van der Waals surface area contributed by atoms with E-state index < -0.39 is 17.5 Å². The van der Waals surface area contributed by atoms with Crippen LogP contribution in [0.2, 0.25) is 0 Å². The molecule has 1 aliphatic heterocycles. The van der Waals surface area contributed by atoms with E-state index in [-0.39, 0.29) is 31.7 Å². The van der Waals surface area contributed by atoms with E-state index in [0.717, 1.165) is 11.3 Å². The standard InChI is InChI=1S/C20H23N3O4/c24-17-14-23(18(25)7-6-16-13-21-9-10-22-16)11-8-20(17,19(26)27)12-15-4-2-1-3-5-15/h1-5,9-10,13,17,24H,6-8,11-12,14H2,(H,26,27)/t17-,20-/m1/s1. The lowest BCUT2D eigenvalue weighted by atomic mass is 9.71. The monoisotopic (exact) mass is 369 g/mol. The quantitative estimate of drug-likeness (QED) is 0.796. The fraction of sp³-hybridized carbons (Fsp3) is 0.400. The van der Waals surface area contributed by atoms with Crippen LogP contribution >= 0.6 is 0 Å². The van der Waals surface area contributed by atoms with E-state index in [1.807, 2.05) is 30.3 Å². The SMILES string of the molecule is O=C(CCc1cnccn1)N1CC[C@](Cc2ccccc2)(C(=O)O)[C@H](O)C1. The number of aryl methyl sites for hydroxylation is 1. The molecule has 1 fully saturated rings. The Morgan fingerprint density at radius 3 is 2.63 bits per heavy atom. The first-order valence-electron chi connectivity index (χ1n) is 8.99. The van der Waals surface area contributed by atoms with Gasteiger partial charge in [-0.1, -0.05) is 30.3 Å². The van der Waals surface area contributed by atoms with Crippen molar-refractivity contribution in [2.24, 2.45) is 5.41 Å². The molecule has 2 N–H and O–H groups in total. The molecule has 7 heteroatoms.